The Balaban J connectivity index is 1.33. The number of hydrogen-bond acceptors (Lipinski definition) is 4. The summed E-state index contributed by atoms with van der Waals surface area (Å²) < 4.78 is 2.05. The van der Waals surface area contributed by atoms with Gasteiger partial charge in [0, 0.05) is 30.7 Å². The fraction of sp³-hybridized carbons (Fsp3) is 0.478. The zero-order valence-electron chi connectivity index (χ0n) is 16.7. The Morgan fingerprint density at radius 2 is 1.62 bits per heavy atom. The topological polar surface area (TPSA) is 63.9 Å². The van der Waals surface area contributed by atoms with Crippen molar-refractivity contribution in [1.82, 2.24) is 24.4 Å². The molecule has 5 rings (SSSR count). The number of imidazole rings is 1. The lowest BCUT2D eigenvalue weighted by molar-refractivity contribution is 0.0580. The number of pyridine rings is 2. The first-order valence-corrected chi connectivity index (χ1v) is 10.8. The van der Waals surface area contributed by atoms with Crippen LogP contribution in [0.3, 0.4) is 0 Å². The number of fused-ring (bicyclic) bond motifs is 1. The molecule has 0 radical (unpaired) electrons. The standard InChI is InChI=1S/C23H27N5O/c29-23(28(19-5-1-2-6-19)20-7-3-4-8-20)17-9-10-18(24-13-17)14-27-12-11-21-22(15-27)26-16-25-21/h9-13,15-16,19-20H,1-8,14H2. The van der Waals surface area contributed by atoms with Crippen LogP contribution < -0.4 is 0 Å². The maximum absolute atomic E-state index is 13.4. The number of carbonyl (C=O) groups excluding carboxylic acids is 1. The van der Waals surface area contributed by atoms with E-state index in [4.69, 9.17) is 0 Å². The summed E-state index contributed by atoms with van der Waals surface area (Å²) in [5.74, 6) is 0.170. The van der Waals surface area contributed by atoms with Gasteiger partial charge in [-0.25, -0.2) is 9.97 Å². The van der Waals surface area contributed by atoms with E-state index in [9.17, 15) is 4.79 Å². The normalized spacial score (nSPS) is 17.9. The van der Waals surface area contributed by atoms with Crippen LogP contribution in [0, 0.1) is 0 Å². The highest BCUT2D eigenvalue weighted by Crippen LogP contribution is 2.32. The van der Waals surface area contributed by atoms with Crippen molar-refractivity contribution in [3.63, 3.8) is 0 Å². The average molecular weight is 390 g/mol. The monoisotopic (exact) mass is 389 g/mol. The first-order valence-electron chi connectivity index (χ1n) is 10.8. The minimum Gasteiger partial charge on any atom is -0.346 e. The molecule has 2 aliphatic heterocycles. The summed E-state index contributed by atoms with van der Waals surface area (Å²) in [7, 11) is 0. The molecule has 0 bridgehead atoms. The predicted molar refractivity (Wildman–Crippen MR) is 111 cm³/mol. The maximum atomic E-state index is 13.4. The van der Waals surface area contributed by atoms with Gasteiger partial charge in [-0.2, -0.15) is 0 Å². The van der Waals surface area contributed by atoms with Crippen molar-refractivity contribution in [1.29, 1.82) is 0 Å². The molecule has 0 aromatic carbocycles. The number of amides is 1. The highest BCUT2D eigenvalue weighted by molar-refractivity contribution is 5.94. The van der Waals surface area contributed by atoms with Crippen LogP contribution in [-0.4, -0.2) is 42.4 Å². The molecular weight excluding hydrogens is 362 g/mol. The number of carbonyl (C=O) groups is 1. The first kappa shape index (κ1) is 18.3. The molecule has 0 unspecified atom stereocenters. The van der Waals surface area contributed by atoms with E-state index in [1.54, 1.807) is 12.5 Å². The van der Waals surface area contributed by atoms with E-state index in [-0.39, 0.29) is 5.91 Å². The SMILES string of the molecule is O=C(c1ccc(Cn2ccc3ncnc-3c2)nc1)N(C1CCCC1)C1CCCC1. The summed E-state index contributed by atoms with van der Waals surface area (Å²) in [4.78, 5) is 28.6. The summed E-state index contributed by atoms with van der Waals surface area (Å²) >= 11 is 0. The summed E-state index contributed by atoms with van der Waals surface area (Å²) in [5.41, 5.74) is 3.42. The molecule has 2 saturated carbocycles. The Morgan fingerprint density at radius 1 is 0.931 bits per heavy atom. The average Bonchev–Trinajstić information content (AvgIpc) is 3.51. The molecule has 29 heavy (non-hydrogen) atoms. The zero-order valence-corrected chi connectivity index (χ0v) is 16.7. The molecule has 1 aromatic heterocycles. The van der Waals surface area contributed by atoms with E-state index < -0.39 is 0 Å². The van der Waals surface area contributed by atoms with Gasteiger partial charge >= 0.3 is 0 Å². The van der Waals surface area contributed by atoms with Crippen molar-refractivity contribution in [3.8, 4) is 11.4 Å². The van der Waals surface area contributed by atoms with Crippen molar-refractivity contribution in [2.45, 2.75) is 70.0 Å². The summed E-state index contributed by atoms with van der Waals surface area (Å²) in [6.07, 6.45) is 16.9. The first-order chi connectivity index (χ1) is 14.3. The van der Waals surface area contributed by atoms with E-state index in [2.05, 4.69) is 19.9 Å². The molecule has 1 aromatic rings. The second kappa shape index (κ2) is 7.93. The predicted octanol–water partition coefficient (Wildman–Crippen LogP) is 4.15. The molecule has 0 N–H and O–H groups in total. The summed E-state index contributed by atoms with van der Waals surface area (Å²) in [6.45, 7) is 0.645. The highest BCUT2D eigenvalue weighted by atomic mass is 16.2. The van der Waals surface area contributed by atoms with Gasteiger partial charge in [0.2, 0.25) is 0 Å². The van der Waals surface area contributed by atoms with Crippen LogP contribution >= 0.6 is 0 Å². The minimum atomic E-state index is 0.170. The van der Waals surface area contributed by atoms with Gasteiger partial charge in [-0.3, -0.25) is 9.78 Å². The molecule has 1 amide bonds. The third-order valence-electron chi connectivity index (χ3n) is 6.46. The Bertz CT molecular complexity index is 922. The number of nitrogens with zero attached hydrogens (tertiary/aromatic N) is 5. The third kappa shape index (κ3) is 3.76. The summed E-state index contributed by atoms with van der Waals surface area (Å²) in [5, 5.41) is 0. The van der Waals surface area contributed by atoms with Crippen molar-refractivity contribution in [2.75, 3.05) is 0 Å². The summed E-state index contributed by atoms with van der Waals surface area (Å²) in [6, 6.07) is 6.71. The molecule has 6 nitrogen and oxygen atoms in total. The van der Waals surface area contributed by atoms with Gasteiger partial charge in [0.25, 0.3) is 5.91 Å². The zero-order chi connectivity index (χ0) is 19.6. The van der Waals surface area contributed by atoms with Gasteiger partial charge in [0.05, 0.1) is 23.5 Å². The largest absolute Gasteiger partial charge is 0.346 e. The van der Waals surface area contributed by atoms with Crippen LogP contribution in [0.25, 0.3) is 11.4 Å². The molecule has 3 heterocycles. The second-order valence-corrected chi connectivity index (χ2v) is 8.39. The Labute approximate surface area is 171 Å². The quantitative estimate of drug-likeness (QED) is 0.657. The molecule has 2 aliphatic carbocycles. The Hall–Kier alpha value is -2.76. The van der Waals surface area contributed by atoms with Crippen molar-refractivity contribution in [3.05, 3.63) is 54.4 Å². The van der Waals surface area contributed by atoms with Crippen LogP contribution in [0.2, 0.25) is 0 Å². The van der Waals surface area contributed by atoms with Crippen LogP contribution in [-0.2, 0) is 6.54 Å². The van der Waals surface area contributed by atoms with Gasteiger partial charge in [-0.05, 0) is 43.9 Å². The van der Waals surface area contributed by atoms with E-state index in [1.165, 1.54) is 25.7 Å². The molecular formula is C23H27N5O. The minimum absolute atomic E-state index is 0.170. The lowest BCUT2D eigenvalue weighted by Gasteiger charge is -2.34. The van der Waals surface area contributed by atoms with Gasteiger partial charge < -0.3 is 9.47 Å². The van der Waals surface area contributed by atoms with Gasteiger partial charge in [-0.15, -0.1) is 0 Å². The number of rotatable bonds is 5. The van der Waals surface area contributed by atoms with Gasteiger partial charge in [0.1, 0.15) is 12.0 Å². The molecule has 4 aliphatic rings. The van der Waals surface area contributed by atoms with Crippen LogP contribution in [0.4, 0.5) is 0 Å². The lowest BCUT2D eigenvalue weighted by Crippen LogP contribution is -2.45. The lowest BCUT2D eigenvalue weighted by atomic mass is 10.1. The molecule has 0 spiro atoms. The molecule has 150 valence electrons. The Morgan fingerprint density at radius 3 is 2.28 bits per heavy atom. The highest BCUT2D eigenvalue weighted by Gasteiger charge is 2.34. The van der Waals surface area contributed by atoms with E-state index in [0.29, 0.717) is 18.6 Å². The van der Waals surface area contributed by atoms with Gasteiger partial charge in [0.15, 0.2) is 0 Å². The van der Waals surface area contributed by atoms with Crippen LogP contribution in [0.1, 0.15) is 67.4 Å². The van der Waals surface area contributed by atoms with E-state index >= 15 is 0 Å². The smallest absolute Gasteiger partial charge is 0.255 e. The fourth-order valence-electron chi connectivity index (χ4n) is 4.95. The van der Waals surface area contributed by atoms with E-state index in [0.717, 1.165) is 48.3 Å². The van der Waals surface area contributed by atoms with Crippen molar-refractivity contribution >= 4 is 5.91 Å². The maximum Gasteiger partial charge on any atom is 0.255 e. The van der Waals surface area contributed by atoms with Gasteiger partial charge in [-0.1, -0.05) is 25.7 Å². The molecule has 0 saturated heterocycles. The molecule has 2 fully saturated rings. The van der Waals surface area contributed by atoms with Crippen LogP contribution in [0.15, 0.2) is 43.1 Å². The van der Waals surface area contributed by atoms with Crippen LogP contribution in [0.5, 0.6) is 0 Å². The number of aromatic nitrogens is 4. The number of hydrogen-bond donors (Lipinski definition) is 0. The molecule has 6 heteroatoms. The molecule has 0 atom stereocenters. The second-order valence-electron chi connectivity index (χ2n) is 8.39. The fourth-order valence-corrected chi connectivity index (χ4v) is 4.95. The van der Waals surface area contributed by atoms with E-state index in [1.807, 2.05) is 35.2 Å². The Kier molecular flexibility index (Phi) is 5.00. The van der Waals surface area contributed by atoms with Crippen molar-refractivity contribution in [2.24, 2.45) is 0 Å². The van der Waals surface area contributed by atoms with Crippen molar-refractivity contribution < 1.29 is 4.79 Å². The third-order valence-corrected chi connectivity index (χ3v) is 6.46.